The lowest BCUT2D eigenvalue weighted by molar-refractivity contribution is 0.410. The molecule has 4 nitrogen and oxygen atoms in total. The van der Waals surface area contributed by atoms with Gasteiger partial charge in [0.1, 0.15) is 11.6 Å². The number of hydrogen-bond donors (Lipinski definition) is 3. The third kappa shape index (κ3) is 5.29. The third-order valence-electron chi connectivity index (χ3n) is 5.54. The van der Waals surface area contributed by atoms with Gasteiger partial charge in [-0.2, -0.15) is 0 Å². The van der Waals surface area contributed by atoms with Crippen LogP contribution in [0.15, 0.2) is 60.8 Å². The molecule has 156 valence electrons. The Bertz CT molecular complexity index is 1000. The molecule has 0 spiro atoms. The van der Waals surface area contributed by atoms with Gasteiger partial charge in [0.2, 0.25) is 0 Å². The molecule has 2 aromatic carbocycles. The molecule has 1 aliphatic carbocycles. The Kier molecular flexibility index (Phi) is 6.50. The minimum absolute atomic E-state index is 0.230. The molecule has 1 heterocycles. The summed E-state index contributed by atoms with van der Waals surface area (Å²) in [5.74, 6) is 0.597. The first kappa shape index (κ1) is 20.6. The van der Waals surface area contributed by atoms with E-state index in [1.807, 2.05) is 36.4 Å². The summed E-state index contributed by atoms with van der Waals surface area (Å²) >= 11 is 6.47. The molecule has 4 N–H and O–H groups in total. The molecule has 0 amide bonds. The van der Waals surface area contributed by atoms with Crippen molar-refractivity contribution in [1.82, 2.24) is 4.98 Å². The van der Waals surface area contributed by atoms with E-state index in [0.717, 1.165) is 53.9 Å². The van der Waals surface area contributed by atoms with Crippen molar-refractivity contribution in [3.05, 3.63) is 77.2 Å². The van der Waals surface area contributed by atoms with Gasteiger partial charge in [0, 0.05) is 36.1 Å². The summed E-state index contributed by atoms with van der Waals surface area (Å²) < 4.78 is 13.4. The van der Waals surface area contributed by atoms with Crippen LogP contribution in [0.2, 0.25) is 5.02 Å². The van der Waals surface area contributed by atoms with Crippen molar-refractivity contribution in [2.24, 2.45) is 5.73 Å². The molecule has 0 atom stereocenters. The topological polar surface area (TPSA) is 63.0 Å². The molecule has 0 unspecified atom stereocenters. The summed E-state index contributed by atoms with van der Waals surface area (Å²) in [4.78, 5) is 4.46. The second kappa shape index (κ2) is 9.45. The van der Waals surface area contributed by atoms with E-state index in [0.29, 0.717) is 23.7 Å². The second-order valence-corrected chi connectivity index (χ2v) is 8.28. The highest BCUT2D eigenvalue weighted by Gasteiger charge is 2.19. The van der Waals surface area contributed by atoms with Crippen LogP contribution in [-0.2, 0) is 6.54 Å². The van der Waals surface area contributed by atoms with Crippen molar-refractivity contribution < 1.29 is 4.39 Å². The predicted octanol–water partition coefficient (Wildman–Crippen LogP) is 5.84. The van der Waals surface area contributed by atoms with Gasteiger partial charge in [-0.05, 0) is 67.1 Å². The van der Waals surface area contributed by atoms with E-state index in [2.05, 4.69) is 15.6 Å². The first-order valence-electron chi connectivity index (χ1n) is 10.3. The molecule has 1 aromatic heterocycles. The summed E-state index contributed by atoms with van der Waals surface area (Å²) in [6.07, 6.45) is 5.88. The number of halogens is 2. The lowest BCUT2D eigenvalue weighted by Crippen LogP contribution is -2.33. The lowest BCUT2D eigenvalue weighted by Gasteiger charge is -2.27. The molecule has 1 fully saturated rings. The fourth-order valence-electron chi connectivity index (χ4n) is 3.86. The zero-order valence-corrected chi connectivity index (χ0v) is 17.5. The van der Waals surface area contributed by atoms with Gasteiger partial charge < -0.3 is 16.4 Å². The summed E-state index contributed by atoms with van der Waals surface area (Å²) in [7, 11) is 0. The van der Waals surface area contributed by atoms with Crippen LogP contribution in [0.3, 0.4) is 0 Å². The van der Waals surface area contributed by atoms with E-state index in [9.17, 15) is 4.39 Å². The highest BCUT2D eigenvalue weighted by Crippen LogP contribution is 2.32. The van der Waals surface area contributed by atoms with Crippen LogP contribution in [0, 0.1) is 5.82 Å². The molecule has 0 saturated heterocycles. The average Bonchev–Trinajstić information content (AvgIpc) is 2.75. The fourth-order valence-corrected chi connectivity index (χ4v) is 4.07. The van der Waals surface area contributed by atoms with E-state index >= 15 is 0 Å². The van der Waals surface area contributed by atoms with Gasteiger partial charge in [-0.1, -0.05) is 35.9 Å². The maximum Gasteiger partial charge on any atom is 0.126 e. The molecular weight excluding hydrogens is 399 g/mol. The van der Waals surface area contributed by atoms with Gasteiger partial charge in [-0.25, -0.2) is 9.37 Å². The molecule has 0 bridgehead atoms. The van der Waals surface area contributed by atoms with Crippen molar-refractivity contribution in [3.63, 3.8) is 0 Å². The number of hydrogen-bond acceptors (Lipinski definition) is 4. The van der Waals surface area contributed by atoms with Crippen LogP contribution in [-0.4, -0.2) is 17.1 Å². The van der Waals surface area contributed by atoms with Gasteiger partial charge in [0.15, 0.2) is 0 Å². The molecule has 6 heteroatoms. The SMILES string of the molecule is NC1CCC(Nc2cc(-c3cccc(NCc4cccc(F)c4)c3)c(Cl)cn2)CC1. The Morgan fingerprint density at radius 3 is 2.63 bits per heavy atom. The number of rotatable bonds is 6. The zero-order valence-electron chi connectivity index (χ0n) is 16.7. The standard InChI is InChI=1S/C24H26ClFN4/c25-23-15-29-24(30-20-9-7-19(27)8-10-20)13-22(23)17-4-2-6-21(12-17)28-14-16-3-1-5-18(26)11-16/h1-6,11-13,15,19-20,28H,7-10,14,27H2,(H,29,30). The van der Waals surface area contributed by atoms with Crippen LogP contribution in [0.25, 0.3) is 11.1 Å². The maximum absolute atomic E-state index is 13.4. The van der Waals surface area contributed by atoms with E-state index in [1.165, 1.54) is 12.1 Å². The quantitative estimate of drug-likeness (QED) is 0.465. The van der Waals surface area contributed by atoms with Crippen LogP contribution in [0.5, 0.6) is 0 Å². The number of nitrogens with one attached hydrogen (secondary N) is 2. The number of pyridine rings is 1. The van der Waals surface area contributed by atoms with Gasteiger partial charge >= 0.3 is 0 Å². The van der Waals surface area contributed by atoms with Crippen molar-refractivity contribution >= 4 is 23.1 Å². The Morgan fingerprint density at radius 1 is 1.03 bits per heavy atom. The number of nitrogens with two attached hydrogens (primary N) is 1. The Labute approximate surface area is 181 Å². The van der Waals surface area contributed by atoms with E-state index in [1.54, 1.807) is 12.3 Å². The maximum atomic E-state index is 13.4. The smallest absolute Gasteiger partial charge is 0.126 e. The Balaban J connectivity index is 1.48. The molecule has 1 saturated carbocycles. The van der Waals surface area contributed by atoms with Gasteiger partial charge in [0.05, 0.1) is 5.02 Å². The summed E-state index contributed by atoms with van der Waals surface area (Å²) in [5.41, 5.74) is 9.77. The normalized spacial score (nSPS) is 18.8. The largest absolute Gasteiger partial charge is 0.381 e. The lowest BCUT2D eigenvalue weighted by atomic mass is 9.92. The Morgan fingerprint density at radius 2 is 1.83 bits per heavy atom. The van der Waals surface area contributed by atoms with Crippen LogP contribution in [0.4, 0.5) is 15.9 Å². The van der Waals surface area contributed by atoms with E-state index < -0.39 is 0 Å². The van der Waals surface area contributed by atoms with Crippen LogP contribution < -0.4 is 16.4 Å². The van der Waals surface area contributed by atoms with Crippen LogP contribution in [0.1, 0.15) is 31.2 Å². The summed E-state index contributed by atoms with van der Waals surface area (Å²) in [6.45, 7) is 0.544. The first-order valence-corrected chi connectivity index (χ1v) is 10.7. The molecule has 30 heavy (non-hydrogen) atoms. The first-order chi connectivity index (χ1) is 14.6. The zero-order chi connectivity index (χ0) is 20.9. The summed E-state index contributed by atoms with van der Waals surface area (Å²) in [6, 6.07) is 17.4. The number of aromatic nitrogens is 1. The molecular formula is C24H26ClFN4. The minimum Gasteiger partial charge on any atom is -0.381 e. The highest BCUT2D eigenvalue weighted by atomic mass is 35.5. The van der Waals surface area contributed by atoms with Crippen molar-refractivity contribution in [2.75, 3.05) is 10.6 Å². The van der Waals surface area contributed by atoms with Crippen LogP contribution >= 0.6 is 11.6 Å². The van der Waals surface area contributed by atoms with Crippen molar-refractivity contribution in [1.29, 1.82) is 0 Å². The Hall–Kier alpha value is -2.63. The predicted molar refractivity (Wildman–Crippen MR) is 122 cm³/mol. The van der Waals surface area contributed by atoms with Crippen molar-refractivity contribution in [2.45, 2.75) is 44.3 Å². The number of benzene rings is 2. The number of nitrogens with zero attached hydrogens (tertiary/aromatic N) is 1. The molecule has 1 aliphatic rings. The molecule has 0 radical (unpaired) electrons. The van der Waals surface area contributed by atoms with E-state index in [-0.39, 0.29) is 5.82 Å². The third-order valence-corrected chi connectivity index (χ3v) is 5.84. The molecule has 4 rings (SSSR count). The minimum atomic E-state index is -0.230. The van der Waals surface area contributed by atoms with Crippen molar-refractivity contribution in [3.8, 4) is 11.1 Å². The van der Waals surface area contributed by atoms with Gasteiger partial charge in [-0.15, -0.1) is 0 Å². The molecule has 3 aromatic rings. The summed E-state index contributed by atoms with van der Waals surface area (Å²) in [5, 5.41) is 7.48. The number of anilines is 2. The highest BCUT2D eigenvalue weighted by molar-refractivity contribution is 6.33. The van der Waals surface area contributed by atoms with Gasteiger partial charge in [0.25, 0.3) is 0 Å². The monoisotopic (exact) mass is 424 g/mol. The van der Waals surface area contributed by atoms with Gasteiger partial charge in [-0.3, -0.25) is 0 Å². The van der Waals surface area contributed by atoms with E-state index in [4.69, 9.17) is 17.3 Å². The second-order valence-electron chi connectivity index (χ2n) is 7.87. The molecule has 0 aliphatic heterocycles. The fraction of sp³-hybridized carbons (Fsp3) is 0.292. The average molecular weight is 425 g/mol.